The maximum absolute atomic E-state index is 12.7. The molecule has 1 atom stereocenters. The molecule has 0 aliphatic carbocycles. The molecule has 1 amide bonds. The highest BCUT2D eigenvalue weighted by atomic mass is 16.2. The molecule has 0 aromatic heterocycles. The van der Waals surface area contributed by atoms with Crippen LogP contribution in [0.3, 0.4) is 0 Å². The summed E-state index contributed by atoms with van der Waals surface area (Å²) in [6, 6.07) is 9.07. The lowest BCUT2D eigenvalue weighted by atomic mass is 10.2. The van der Waals surface area contributed by atoms with Crippen molar-refractivity contribution < 1.29 is 4.79 Å². The standard InChI is InChI=1S/C19H27N3O/c23-19(22-14-8-16-5-1-2-7-18(16)22)9-13-20-10-4-12-21-11-3-6-17(21)15-20/h1-2,5,7,17H,3-4,6,8-15H2. The Hall–Kier alpha value is -1.39. The van der Waals surface area contributed by atoms with Crippen molar-refractivity contribution in [3.05, 3.63) is 29.8 Å². The summed E-state index contributed by atoms with van der Waals surface area (Å²) < 4.78 is 0. The van der Waals surface area contributed by atoms with Crippen molar-refractivity contribution in [2.24, 2.45) is 0 Å². The van der Waals surface area contributed by atoms with Crippen LogP contribution in [-0.4, -0.2) is 61.0 Å². The van der Waals surface area contributed by atoms with E-state index in [-0.39, 0.29) is 0 Å². The van der Waals surface area contributed by atoms with Gasteiger partial charge in [0.2, 0.25) is 5.91 Å². The van der Waals surface area contributed by atoms with Gasteiger partial charge in [0.1, 0.15) is 0 Å². The maximum atomic E-state index is 12.7. The molecule has 4 rings (SSSR count). The van der Waals surface area contributed by atoms with Gasteiger partial charge in [-0.15, -0.1) is 0 Å². The van der Waals surface area contributed by atoms with Crippen LogP contribution in [0.1, 0.15) is 31.2 Å². The van der Waals surface area contributed by atoms with Crippen LogP contribution >= 0.6 is 0 Å². The van der Waals surface area contributed by atoms with Gasteiger partial charge in [0.05, 0.1) is 0 Å². The van der Waals surface area contributed by atoms with Crippen LogP contribution in [0.4, 0.5) is 5.69 Å². The van der Waals surface area contributed by atoms with Crippen LogP contribution in [0.5, 0.6) is 0 Å². The molecule has 2 fully saturated rings. The van der Waals surface area contributed by atoms with Gasteiger partial charge in [0, 0.05) is 37.8 Å². The molecule has 2 saturated heterocycles. The first-order chi connectivity index (χ1) is 11.3. The Labute approximate surface area is 139 Å². The Balaban J connectivity index is 1.33. The molecule has 3 aliphatic heterocycles. The molecule has 124 valence electrons. The molecule has 23 heavy (non-hydrogen) atoms. The normalized spacial score (nSPS) is 25.2. The van der Waals surface area contributed by atoms with E-state index in [2.05, 4.69) is 28.0 Å². The summed E-state index contributed by atoms with van der Waals surface area (Å²) >= 11 is 0. The van der Waals surface area contributed by atoms with Crippen LogP contribution in [0.2, 0.25) is 0 Å². The third kappa shape index (κ3) is 3.15. The number of para-hydroxylation sites is 1. The van der Waals surface area contributed by atoms with Gasteiger partial charge in [-0.05, 0) is 56.9 Å². The zero-order valence-electron chi connectivity index (χ0n) is 13.9. The van der Waals surface area contributed by atoms with Crippen molar-refractivity contribution in [3.63, 3.8) is 0 Å². The number of amides is 1. The third-order valence-corrected chi connectivity index (χ3v) is 5.72. The van der Waals surface area contributed by atoms with E-state index in [9.17, 15) is 4.79 Å². The SMILES string of the molecule is O=C(CCN1CCCN2CCCC2C1)N1CCc2ccccc21. The van der Waals surface area contributed by atoms with Crippen LogP contribution in [-0.2, 0) is 11.2 Å². The van der Waals surface area contributed by atoms with Crippen molar-refractivity contribution in [3.8, 4) is 0 Å². The number of carbonyl (C=O) groups is 1. The average molecular weight is 313 g/mol. The van der Waals surface area contributed by atoms with E-state index in [1.807, 2.05) is 11.0 Å². The topological polar surface area (TPSA) is 26.8 Å². The summed E-state index contributed by atoms with van der Waals surface area (Å²) in [5.74, 6) is 0.294. The first kappa shape index (κ1) is 15.2. The molecular formula is C19H27N3O. The molecule has 0 bridgehead atoms. The molecule has 1 unspecified atom stereocenters. The molecule has 0 radical (unpaired) electrons. The van der Waals surface area contributed by atoms with E-state index in [4.69, 9.17) is 0 Å². The Kier molecular flexibility index (Phi) is 4.36. The lowest BCUT2D eigenvalue weighted by Gasteiger charge is -2.26. The van der Waals surface area contributed by atoms with Crippen molar-refractivity contribution in [2.75, 3.05) is 44.2 Å². The van der Waals surface area contributed by atoms with Gasteiger partial charge in [0.15, 0.2) is 0 Å². The Morgan fingerprint density at radius 1 is 1.09 bits per heavy atom. The Morgan fingerprint density at radius 3 is 2.91 bits per heavy atom. The van der Waals surface area contributed by atoms with Gasteiger partial charge >= 0.3 is 0 Å². The van der Waals surface area contributed by atoms with Gasteiger partial charge in [-0.3, -0.25) is 9.69 Å². The molecule has 1 aromatic carbocycles. The second-order valence-corrected chi connectivity index (χ2v) is 7.16. The van der Waals surface area contributed by atoms with E-state index in [0.29, 0.717) is 12.3 Å². The highest BCUT2D eigenvalue weighted by Gasteiger charge is 2.29. The highest BCUT2D eigenvalue weighted by Crippen LogP contribution is 2.28. The number of anilines is 1. The number of hydrogen-bond donors (Lipinski definition) is 0. The zero-order chi connectivity index (χ0) is 15.6. The minimum atomic E-state index is 0.294. The van der Waals surface area contributed by atoms with Crippen molar-refractivity contribution in [1.29, 1.82) is 0 Å². The molecule has 4 heteroatoms. The monoisotopic (exact) mass is 313 g/mol. The fraction of sp³-hybridized carbons (Fsp3) is 0.632. The third-order valence-electron chi connectivity index (χ3n) is 5.72. The van der Waals surface area contributed by atoms with Gasteiger partial charge in [0.25, 0.3) is 0 Å². The minimum Gasteiger partial charge on any atom is -0.312 e. The van der Waals surface area contributed by atoms with Crippen LogP contribution in [0.15, 0.2) is 24.3 Å². The van der Waals surface area contributed by atoms with E-state index < -0.39 is 0 Å². The average Bonchev–Trinajstić information content (AvgIpc) is 3.15. The van der Waals surface area contributed by atoms with E-state index >= 15 is 0 Å². The molecule has 3 heterocycles. The Morgan fingerprint density at radius 2 is 1.96 bits per heavy atom. The van der Waals surface area contributed by atoms with E-state index in [1.54, 1.807) is 0 Å². The molecule has 3 aliphatic rings. The molecular weight excluding hydrogens is 286 g/mol. The summed E-state index contributed by atoms with van der Waals surface area (Å²) in [5, 5.41) is 0. The summed E-state index contributed by atoms with van der Waals surface area (Å²) in [6.45, 7) is 6.60. The Bertz CT molecular complexity index is 573. The zero-order valence-corrected chi connectivity index (χ0v) is 13.9. The lowest BCUT2D eigenvalue weighted by Crippen LogP contribution is -2.38. The number of benzene rings is 1. The van der Waals surface area contributed by atoms with Gasteiger partial charge in [-0.1, -0.05) is 18.2 Å². The fourth-order valence-electron chi connectivity index (χ4n) is 4.47. The molecule has 0 spiro atoms. The highest BCUT2D eigenvalue weighted by molar-refractivity contribution is 5.95. The first-order valence-corrected chi connectivity index (χ1v) is 9.16. The van der Waals surface area contributed by atoms with Gasteiger partial charge < -0.3 is 9.80 Å². The van der Waals surface area contributed by atoms with Crippen molar-refractivity contribution in [2.45, 2.75) is 38.1 Å². The van der Waals surface area contributed by atoms with Crippen LogP contribution in [0, 0.1) is 0 Å². The summed E-state index contributed by atoms with van der Waals surface area (Å²) in [4.78, 5) is 19.8. The largest absolute Gasteiger partial charge is 0.312 e. The smallest absolute Gasteiger partial charge is 0.228 e. The quantitative estimate of drug-likeness (QED) is 0.855. The van der Waals surface area contributed by atoms with Crippen LogP contribution in [0.25, 0.3) is 0 Å². The molecule has 1 aromatic rings. The summed E-state index contributed by atoms with van der Waals surface area (Å²) in [5.41, 5.74) is 2.45. The summed E-state index contributed by atoms with van der Waals surface area (Å²) in [7, 11) is 0. The van der Waals surface area contributed by atoms with Gasteiger partial charge in [-0.25, -0.2) is 0 Å². The number of nitrogens with zero attached hydrogens (tertiary/aromatic N) is 3. The van der Waals surface area contributed by atoms with Crippen LogP contribution < -0.4 is 4.90 Å². The second-order valence-electron chi connectivity index (χ2n) is 7.16. The maximum Gasteiger partial charge on any atom is 0.228 e. The van der Waals surface area contributed by atoms with E-state index in [0.717, 1.165) is 44.3 Å². The predicted octanol–water partition coefficient (Wildman–Crippen LogP) is 2.14. The summed E-state index contributed by atoms with van der Waals surface area (Å²) in [6.07, 6.45) is 5.59. The predicted molar refractivity (Wildman–Crippen MR) is 92.8 cm³/mol. The molecule has 0 saturated carbocycles. The number of hydrogen-bond acceptors (Lipinski definition) is 3. The minimum absolute atomic E-state index is 0.294. The number of carbonyl (C=O) groups excluding carboxylic acids is 1. The lowest BCUT2D eigenvalue weighted by molar-refractivity contribution is -0.118. The van der Waals surface area contributed by atoms with Gasteiger partial charge in [-0.2, -0.15) is 0 Å². The first-order valence-electron chi connectivity index (χ1n) is 9.16. The second kappa shape index (κ2) is 6.62. The number of fused-ring (bicyclic) bond motifs is 2. The van der Waals surface area contributed by atoms with E-state index in [1.165, 1.54) is 37.9 Å². The number of rotatable bonds is 3. The fourth-order valence-corrected chi connectivity index (χ4v) is 4.47. The molecule has 4 nitrogen and oxygen atoms in total. The van der Waals surface area contributed by atoms with Crippen molar-refractivity contribution in [1.82, 2.24) is 9.80 Å². The van der Waals surface area contributed by atoms with Crippen molar-refractivity contribution >= 4 is 11.6 Å². The molecule has 0 N–H and O–H groups in total.